The predicted octanol–water partition coefficient (Wildman–Crippen LogP) is 3.00. The van der Waals surface area contributed by atoms with E-state index in [9.17, 15) is 18.0 Å². The van der Waals surface area contributed by atoms with Crippen molar-refractivity contribution in [2.45, 2.75) is 18.6 Å². The number of hydrogen-bond donors (Lipinski definition) is 1. The molecule has 0 saturated heterocycles. The van der Waals surface area contributed by atoms with Crippen LogP contribution in [0.4, 0.5) is 13.2 Å². The van der Waals surface area contributed by atoms with Crippen LogP contribution in [0, 0.1) is 0 Å². The predicted molar refractivity (Wildman–Crippen MR) is 72.3 cm³/mol. The molecule has 0 spiro atoms. The lowest BCUT2D eigenvalue weighted by Gasteiger charge is -2.13. The summed E-state index contributed by atoms with van der Waals surface area (Å²) < 4.78 is 41.7. The van der Waals surface area contributed by atoms with Gasteiger partial charge in [0.2, 0.25) is 0 Å². The van der Waals surface area contributed by atoms with Gasteiger partial charge >= 0.3 is 12.1 Å². The number of carbonyl (C=O) groups is 1. The third kappa shape index (κ3) is 5.42. The standard InChI is InChI=1S/C13H16F3NO2S/c1-19-12(18)6-7-20-8-11(17)9-2-4-10(5-3-9)13(14,15)16/h2-5,11H,6-8,17H2,1H3. The Labute approximate surface area is 119 Å². The summed E-state index contributed by atoms with van der Waals surface area (Å²) in [6, 6.07) is 4.45. The van der Waals surface area contributed by atoms with Gasteiger partial charge in [-0.15, -0.1) is 0 Å². The summed E-state index contributed by atoms with van der Waals surface area (Å²) in [5.41, 5.74) is 5.84. The molecule has 0 heterocycles. The van der Waals surface area contributed by atoms with Gasteiger partial charge in [0.1, 0.15) is 0 Å². The van der Waals surface area contributed by atoms with Crippen molar-refractivity contribution in [3.8, 4) is 0 Å². The second-order valence-electron chi connectivity index (χ2n) is 4.13. The topological polar surface area (TPSA) is 52.3 Å². The summed E-state index contributed by atoms with van der Waals surface area (Å²) >= 11 is 1.46. The molecule has 0 fully saturated rings. The van der Waals surface area contributed by atoms with Gasteiger partial charge < -0.3 is 10.5 Å². The molecule has 1 aromatic rings. The minimum absolute atomic E-state index is 0.291. The number of thioether (sulfide) groups is 1. The molecule has 1 atom stereocenters. The lowest BCUT2D eigenvalue weighted by Crippen LogP contribution is -2.14. The van der Waals surface area contributed by atoms with Gasteiger partial charge in [-0.25, -0.2) is 0 Å². The van der Waals surface area contributed by atoms with Crippen molar-refractivity contribution in [3.63, 3.8) is 0 Å². The van der Waals surface area contributed by atoms with E-state index in [4.69, 9.17) is 5.73 Å². The fourth-order valence-corrected chi connectivity index (χ4v) is 2.41. The Balaban J connectivity index is 2.44. The normalized spacial score (nSPS) is 13.1. The van der Waals surface area contributed by atoms with E-state index < -0.39 is 11.7 Å². The van der Waals surface area contributed by atoms with Crippen LogP contribution >= 0.6 is 11.8 Å². The molecule has 1 unspecified atom stereocenters. The molecule has 20 heavy (non-hydrogen) atoms. The van der Waals surface area contributed by atoms with Crippen molar-refractivity contribution >= 4 is 17.7 Å². The smallest absolute Gasteiger partial charge is 0.416 e. The van der Waals surface area contributed by atoms with Crippen molar-refractivity contribution < 1.29 is 22.7 Å². The number of rotatable bonds is 6. The summed E-state index contributed by atoms with van der Waals surface area (Å²) in [7, 11) is 1.32. The Bertz CT molecular complexity index is 434. The highest BCUT2D eigenvalue weighted by molar-refractivity contribution is 7.99. The SMILES string of the molecule is COC(=O)CCSCC(N)c1ccc(C(F)(F)F)cc1. The molecular formula is C13H16F3NO2S. The van der Waals surface area contributed by atoms with Crippen molar-refractivity contribution in [3.05, 3.63) is 35.4 Å². The molecular weight excluding hydrogens is 291 g/mol. The monoisotopic (exact) mass is 307 g/mol. The third-order valence-corrected chi connectivity index (χ3v) is 3.73. The number of esters is 1. The summed E-state index contributed by atoms with van der Waals surface area (Å²) in [5.74, 6) is 0.809. The fourth-order valence-electron chi connectivity index (χ4n) is 1.48. The molecule has 0 aromatic heterocycles. The van der Waals surface area contributed by atoms with Crippen LogP contribution < -0.4 is 5.73 Å². The zero-order valence-corrected chi connectivity index (χ0v) is 11.8. The first-order valence-electron chi connectivity index (χ1n) is 5.92. The minimum atomic E-state index is -4.34. The molecule has 112 valence electrons. The van der Waals surface area contributed by atoms with Gasteiger partial charge in [-0.2, -0.15) is 24.9 Å². The van der Waals surface area contributed by atoms with E-state index in [-0.39, 0.29) is 12.0 Å². The first-order chi connectivity index (χ1) is 9.34. The molecule has 0 aliphatic heterocycles. The number of alkyl halides is 3. The zero-order valence-electron chi connectivity index (χ0n) is 10.9. The molecule has 0 radical (unpaired) electrons. The number of carbonyl (C=O) groups excluding carboxylic acids is 1. The highest BCUT2D eigenvalue weighted by Gasteiger charge is 2.30. The molecule has 0 aliphatic rings. The number of benzene rings is 1. The van der Waals surface area contributed by atoms with Gasteiger partial charge in [-0.3, -0.25) is 4.79 Å². The first-order valence-corrected chi connectivity index (χ1v) is 7.07. The summed E-state index contributed by atoms with van der Waals surface area (Å²) in [6.45, 7) is 0. The van der Waals surface area contributed by atoms with Gasteiger partial charge in [0, 0.05) is 17.5 Å². The van der Waals surface area contributed by atoms with Gasteiger partial charge in [-0.05, 0) is 17.7 Å². The maximum atomic E-state index is 12.4. The Morgan fingerprint density at radius 1 is 1.35 bits per heavy atom. The molecule has 3 nitrogen and oxygen atoms in total. The van der Waals surface area contributed by atoms with Crippen LogP contribution in [0.1, 0.15) is 23.6 Å². The molecule has 7 heteroatoms. The van der Waals surface area contributed by atoms with Crippen LogP contribution in [0.15, 0.2) is 24.3 Å². The zero-order chi connectivity index (χ0) is 15.2. The number of nitrogens with two attached hydrogens (primary N) is 1. The van der Waals surface area contributed by atoms with Gasteiger partial charge in [0.05, 0.1) is 19.1 Å². The summed E-state index contributed by atoms with van der Waals surface area (Å²) in [6.07, 6.45) is -4.04. The molecule has 1 rings (SSSR count). The van der Waals surface area contributed by atoms with Gasteiger partial charge in [-0.1, -0.05) is 12.1 Å². The van der Waals surface area contributed by atoms with E-state index in [1.54, 1.807) is 0 Å². The van der Waals surface area contributed by atoms with Crippen LogP contribution in [-0.4, -0.2) is 24.6 Å². The Hall–Kier alpha value is -1.21. The van der Waals surface area contributed by atoms with Gasteiger partial charge in [0.15, 0.2) is 0 Å². The summed E-state index contributed by atoms with van der Waals surface area (Å²) in [4.78, 5) is 10.9. The van der Waals surface area contributed by atoms with Crippen LogP contribution in [0.5, 0.6) is 0 Å². The van der Waals surface area contributed by atoms with Crippen LogP contribution in [0.25, 0.3) is 0 Å². The van der Waals surface area contributed by atoms with E-state index in [2.05, 4.69) is 4.74 Å². The Morgan fingerprint density at radius 3 is 2.45 bits per heavy atom. The molecule has 0 aliphatic carbocycles. The van der Waals surface area contributed by atoms with Crippen LogP contribution in [0.2, 0.25) is 0 Å². The van der Waals surface area contributed by atoms with Gasteiger partial charge in [0.25, 0.3) is 0 Å². The minimum Gasteiger partial charge on any atom is -0.469 e. The van der Waals surface area contributed by atoms with E-state index in [1.807, 2.05) is 0 Å². The number of methoxy groups -OCH3 is 1. The van der Waals surface area contributed by atoms with Crippen LogP contribution in [-0.2, 0) is 15.7 Å². The number of halogens is 3. The molecule has 1 aromatic carbocycles. The number of hydrogen-bond acceptors (Lipinski definition) is 4. The Morgan fingerprint density at radius 2 is 1.95 bits per heavy atom. The second-order valence-corrected chi connectivity index (χ2v) is 5.28. The van der Waals surface area contributed by atoms with E-state index in [1.165, 1.54) is 31.0 Å². The largest absolute Gasteiger partial charge is 0.469 e. The summed E-state index contributed by atoms with van der Waals surface area (Å²) in [5, 5.41) is 0. The maximum absolute atomic E-state index is 12.4. The van der Waals surface area contributed by atoms with E-state index in [0.29, 0.717) is 23.5 Å². The number of ether oxygens (including phenoxy) is 1. The fraction of sp³-hybridized carbons (Fsp3) is 0.462. The quantitative estimate of drug-likeness (QED) is 0.648. The molecule has 0 bridgehead atoms. The molecule has 0 amide bonds. The second kappa shape index (κ2) is 7.54. The lowest BCUT2D eigenvalue weighted by atomic mass is 10.1. The lowest BCUT2D eigenvalue weighted by molar-refractivity contribution is -0.140. The van der Waals surface area contributed by atoms with Crippen molar-refractivity contribution in [2.24, 2.45) is 5.73 Å². The highest BCUT2D eigenvalue weighted by atomic mass is 32.2. The first kappa shape index (κ1) is 16.8. The van der Waals surface area contributed by atoms with Crippen molar-refractivity contribution in [2.75, 3.05) is 18.6 Å². The average Bonchev–Trinajstić information content (AvgIpc) is 2.42. The maximum Gasteiger partial charge on any atom is 0.416 e. The van der Waals surface area contributed by atoms with E-state index >= 15 is 0 Å². The molecule has 0 saturated carbocycles. The van der Waals surface area contributed by atoms with E-state index in [0.717, 1.165) is 12.1 Å². The highest BCUT2D eigenvalue weighted by Crippen LogP contribution is 2.30. The Kier molecular flexibility index (Phi) is 6.35. The average molecular weight is 307 g/mol. The molecule has 2 N–H and O–H groups in total. The van der Waals surface area contributed by atoms with Crippen molar-refractivity contribution in [1.29, 1.82) is 0 Å². The van der Waals surface area contributed by atoms with Crippen molar-refractivity contribution in [1.82, 2.24) is 0 Å². The third-order valence-electron chi connectivity index (χ3n) is 2.64. The van der Waals surface area contributed by atoms with Crippen LogP contribution in [0.3, 0.4) is 0 Å².